The molecule has 0 saturated heterocycles. The third kappa shape index (κ3) is 4.22. The van der Waals surface area contributed by atoms with E-state index >= 15 is 0 Å². The minimum absolute atomic E-state index is 0.0902. The lowest BCUT2D eigenvalue weighted by Crippen LogP contribution is -2.36. The van der Waals surface area contributed by atoms with Crippen molar-refractivity contribution in [2.75, 3.05) is 0 Å². The summed E-state index contributed by atoms with van der Waals surface area (Å²) in [5, 5.41) is 2.89. The van der Waals surface area contributed by atoms with E-state index in [1.807, 2.05) is 13.8 Å². The minimum atomic E-state index is -0.289. The predicted octanol–water partition coefficient (Wildman–Crippen LogP) is 2.81. The van der Waals surface area contributed by atoms with Crippen molar-refractivity contribution >= 4 is 5.91 Å². The van der Waals surface area contributed by atoms with Crippen molar-refractivity contribution < 1.29 is 4.79 Å². The highest BCUT2D eigenvalue weighted by molar-refractivity contribution is 5.94. The number of hydrogen-bond donors (Lipinski definition) is 2. The van der Waals surface area contributed by atoms with Gasteiger partial charge in [-0.25, -0.2) is 0 Å². The van der Waals surface area contributed by atoms with Gasteiger partial charge in [0.05, 0.1) is 0 Å². The van der Waals surface area contributed by atoms with Gasteiger partial charge >= 0.3 is 0 Å². The number of nitrogens with one attached hydrogen (secondary N) is 2. The quantitative estimate of drug-likeness (QED) is 0.805. The molecule has 0 unspecified atom stereocenters. The first-order valence-electron chi connectivity index (χ1n) is 7.59. The van der Waals surface area contributed by atoms with Crippen molar-refractivity contribution in [2.45, 2.75) is 65.8 Å². The molecule has 1 aromatic rings. The number of H-pyrrole nitrogens is 1. The van der Waals surface area contributed by atoms with Gasteiger partial charge in [-0.1, -0.05) is 33.6 Å². The number of aromatic nitrogens is 1. The standard InChI is InChI=1S/C16H26N2O2/c1-5-8-11(4)17-15(19)13-10-12(9-6-2)14(7-3)18-16(13)20/h10-11H,5-9H2,1-4H3,(H,17,19)(H,18,20)/t11-/m1/s1. The van der Waals surface area contributed by atoms with Gasteiger partial charge in [0.25, 0.3) is 11.5 Å². The van der Waals surface area contributed by atoms with E-state index in [9.17, 15) is 9.59 Å². The molecule has 0 saturated carbocycles. The van der Waals surface area contributed by atoms with E-state index in [0.29, 0.717) is 0 Å². The topological polar surface area (TPSA) is 62.0 Å². The smallest absolute Gasteiger partial charge is 0.261 e. The summed E-state index contributed by atoms with van der Waals surface area (Å²) < 4.78 is 0. The molecule has 112 valence electrons. The predicted molar refractivity (Wildman–Crippen MR) is 82.3 cm³/mol. The highest BCUT2D eigenvalue weighted by Crippen LogP contribution is 2.10. The van der Waals surface area contributed by atoms with E-state index in [2.05, 4.69) is 24.1 Å². The zero-order valence-corrected chi connectivity index (χ0v) is 13.0. The molecule has 0 radical (unpaired) electrons. The molecule has 4 nitrogen and oxygen atoms in total. The Labute approximate surface area is 121 Å². The Morgan fingerprint density at radius 1 is 1.30 bits per heavy atom. The van der Waals surface area contributed by atoms with Gasteiger partial charge in [0.15, 0.2) is 0 Å². The second-order valence-electron chi connectivity index (χ2n) is 5.28. The molecule has 0 fully saturated rings. The van der Waals surface area contributed by atoms with Gasteiger partial charge < -0.3 is 10.3 Å². The highest BCUT2D eigenvalue weighted by Gasteiger charge is 2.15. The SMILES string of the molecule is CCCc1cc(C(=O)N[C@H](C)CCC)c(=O)[nH]c1CC. The second kappa shape index (κ2) is 7.88. The molecule has 0 bridgehead atoms. The number of pyridine rings is 1. The number of rotatable bonds is 7. The summed E-state index contributed by atoms with van der Waals surface area (Å²) in [5.41, 5.74) is 1.95. The Kier molecular flexibility index (Phi) is 6.49. The molecular formula is C16H26N2O2. The number of carbonyl (C=O) groups is 1. The maximum Gasteiger partial charge on any atom is 0.261 e. The Balaban J connectivity index is 3.02. The third-order valence-corrected chi connectivity index (χ3v) is 3.43. The number of hydrogen-bond acceptors (Lipinski definition) is 2. The van der Waals surface area contributed by atoms with Crippen molar-refractivity contribution in [2.24, 2.45) is 0 Å². The molecule has 0 aliphatic heterocycles. The summed E-state index contributed by atoms with van der Waals surface area (Å²) in [5.74, 6) is -0.271. The first kappa shape index (κ1) is 16.5. The second-order valence-corrected chi connectivity index (χ2v) is 5.28. The average molecular weight is 278 g/mol. The molecule has 1 amide bonds. The molecule has 0 aromatic carbocycles. The fourth-order valence-corrected chi connectivity index (χ4v) is 2.39. The maximum atomic E-state index is 12.2. The molecule has 0 aliphatic rings. The summed E-state index contributed by atoms with van der Waals surface area (Å²) >= 11 is 0. The summed E-state index contributed by atoms with van der Waals surface area (Å²) in [7, 11) is 0. The van der Waals surface area contributed by atoms with Crippen LogP contribution in [0.1, 0.15) is 68.6 Å². The van der Waals surface area contributed by atoms with Crippen LogP contribution in [0.2, 0.25) is 0 Å². The van der Waals surface area contributed by atoms with Crippen LogP contribution in [0.5, 0.6) is 0 Å². The van der Waals surface area contributed by atoms with Crippen LogP contribution >= 0.6 is 0 Å². The maximum absolute atomic E-state index is 12.2. The lowest BCUT2D eigenvalue weighted by molar-refractivity contribution is 0.0936. The van der Waals surface area contributed by atoms with Crippen LogP contribution in [0, 0.1) is 0 Å². The van der Waals surface area contributed by atoms with Crippen molar-refractivity contribution in [3.8, 4) is 0 Å². The summed E-state index contributed by atoms with van der Waals surface area (Å²) in [4.78, 5) is 27.0. The molecule has 2 N–H and O–H groups in total. The summed E-state index contributed by atoms with van der Waals surface area (Å²) in [6, 6.07) is 1.85. The zero-order valence-electron chi connectivity index (χ0n) is 13.0. The Morgan fingerprint density at radius 3 is 2.55 bits per heavy atom. The van der Waals surface area contributed by atoms with Gasteiger partial charge in [0.2, 0.25) is 0 Å². The van der Waals surface area contributed by atoms with Crippen LogP contribution in [0.15, 0.2) is 10.9 Å². The lowest BCUT2D eigenvalue weighted by atomic mass is 10.0. The van der Waals surface area contributed by atoms with E-state index < -0.39 is 0 Å². The molecule has 0 aliphatic carbocycles. The van der Waals surface area contributed by atoms with Crippen LogP contribution in [0.3, 0.4) is 0 Å². The highest BCUT2D eigenvalue weighted by atomic mass is 16.2. The van der Waals surface area contributed by atoms with Crippen molar-refractivity contribution in [3.63, 3.8) is 0 Å². The fraction of sp³-hybridized carbons (Fsp3) is 0.625. The Hall–Kier alpha value is -1.58. The summed E-state index contributed by atoms with van der Waals surface area (Å²) in [6.07, 6.45) is 4.57. The minimum Gasteiger partial charge on any atom is -0.349 e. The number of aromatic amines is 1. The lowest BCUT2D eigenvalue weighted by Gasteiger charge is -2.14. The van der Waals surface area contributed by atoms with Gasteiger partial charge in [0, 0.05) is 11.7 Å². The molecule has 1 heterocycles. The van der Waals surface area contributed by atoms with Gasteiger partial charge in [0.1, 0.15) is 5.56 Å². The van der Waals surface area contributed by atoms with Gasteiger partial charge in [-0.3, -0.25) is 9.59 Å². The van der Waals surface area contributed by atoms with Crippen LogP contribution < -0.4 is 10.9 Å². The first-order chi connectivity index (χ1) is 9.53. The monoisotopic (exact) mass is 278 g/mol. The third-order valence-electron chi connectivity index (χ3n) is 3.43. The van der Waals surface area contributed by atoms with Gasteiger partial charge in [-0.15, -0.1) is 0 Å². The van der Waals surface area contributed by atoms with Crippen LogP contribution in [0.4, 0.5) is 0 Å². The average Bonchev–Trinajstić information content (AvgIpc) is 2.40. The van der Waals surface area contributed by atoms with E-state index in [0.717, 1.165) is 43.4 Å². The van der Waals surface area contributed by atoms with E-state index in [-0.39, 0.29) is 23.1 Å². The van der Waals surface area contributed by atoms with Gasteiger partial charge in [-0.2, -0.15) is 0 Å². The number of carbonyl (C=O) groups excluding carboxylic acids is 1. The van der Waals surface area contributed by atoms with Crippen molar-refractivity contribution in [3.05, 3.63) is 33.2 Å². The van der Waals surface area contributed by atoms with E-state index in [1.165, 1.54) is 0 Å². The van der Waals surface area contributed by atoms with Crippen molar-refractivity contribution in [1.29, 1.82) is 0 Å². The van der Waals surface area contributed by atoms with Crippen LogP contribution in [0.25, 0.3) is 0 Å². The molecular weight excluding hydrogens is 252 g/mol. The van der Waals surface area contributed by atoms with Crippen LogP contribution in [-0.4, -0.2) is 16.9 Å². The largest absolute Gasteiger partial charge is 0.349 e. The summed E-state index contributed by atoms with van der Waals surface area (Å²) in [6.45, 7) is 8.13. The van der Waals surface area contributed by atoms with Crippen molar-refractivity contribution in [1.82, 2.24) is 10.3 Å². The van der Waals surface area contributed by atoms with Crippen LogP contribution in [-0.2, 0) is 12.8 Å². The molecule has 0 spiro atoms. The van der Waals surface area contributed by atoms with E-state index in [4.69, 9.17) is 0 Å². The zero-order chi connectivity index (χ0) is 15.1. The molecule has 20 heavy (non-hydrogen) atoms. The number of aryl methyl sites for hydroxylation is 2. The molecule has 4 heteroatoms. The molecule has 1 rings (SSSR count). The number of amides is 1. The molecule has 1 atom stereocenters. The normalized spacial score (nSPS) is 12.2. The fourth-order valence-electron chi connectivity index (χ4n) is 2.39. The van der Waals surface area contributed by atoms with Gasteiger partial charge in [-0.05, 0) is 37.8 Å². The molecule has 1 aromatic heterocycles. The first-order valence-corrected chi connectivity index (χ1v) is 7.59. The Bertz CT molecular complexity index is 506. The van der Waals surface area contributed by atoms with E-state index in [1.54, 1.807) is 6.07 Å². The Morgan fingerprint density at radius 2 is 2.00 bits per heavy atom.